The second-order valence-corrected chi connectivity index (χ2v) is 1.48. The molecule has 1 rings (SSSR count). The number of hydrogen-bond donors (Lipinski definition) is 0. The summed E-state index contributed by atoms with van der Waals surface area (Å²) in [6.07, 6.45) is 0. The zero-order chi connectivity index (χ0) is 5.82. The van der Waals surface area contributed by atoms with E-state index in [1.54, 1.807) is 12.1 Å². The molecule has 46 valence electrons. The first-order chi connectivity index (χ1) is 3.93. The first-order valence-electron chi connectivity index (χ1n) is 2.38. The topological polar surface area (TPSA) is 23.8 Å². The largest absolute Gasteiger partial charge is 1.00 e. The molecular weight excluding hydrogens is 248 g/mol. The van der Waals surface area contributed by atoms with Gasteiger partial charge in [0.15, 0.2) is 0 Å². The van der Waals surface area contributed by atoms with Crippen LogP contribution in [-0.4, -0.2) is 0 Å². The Hall–Kier alpha value is 0.440. The summed E-state index contributed by atoms with van der Waals surface area (Å²) in [6, 6.07) is 11.2. The van der Waals surface area contributed by atoms with E-state index in [9.17, 15) is 0 Å². The summed E-state index contributed by atoms with van der Waals surface area (Å²) in [5.41, 5.74) is 0.715. The Bertz CT molecular complexity index is 205. The fraction of sp³-hybridized carbons (Fsp3) is 0. The molecule has 0 fully saturated rings. The van der Waals surface area contributed by atoms with E-state index >= 15 is 0 Å². The Morgan fingerprint density at radius 1 is 1.10 bits per heavy atom. The second-order valence-electron chi connectivity index (χ2n) is 1.48. The van der Waals surface area contributed by atoms with Crippen LogP contribution in [0.3, 0.4) is 0 Å². The van der Waals surface area contributed by atoms with Crippen molar-refractivity contribution >= 4 is 0 Å². The van der Waals surface area contributed by atoms with E-state index in [-0.39, 0.29) is 53.5 Å². The SMILES string of the molecule is N#Cc1ccccc1.[I-].[Na+]. The van der Waals surface area contributed by atoms with Crippen molar-refractivity contribution in [3.8, 4) is 6.07 Å². The van der Waals surface area contributed by atoms with Crippen molar-refractivity contribution in [3.05, 3.63) is 35.9 Å². The van der Waals surface area contributed by atoms with Gasteiger partial charge in [-0.2, -0.15) is 5.26 Å². The van der Waals surface area contributed by atoms with Crippen LogP contribution in [0.5, 0.6) is 0 Å². The van der Waals surface area contributed by atoms with Gasteiger partial charge in [0.05, 0.1) is 11.6 Å². The number of hydrogen-bond acceptors (Lipinski definition) is 1. The molecule has 0 saturated carbocycles. The van der Waals surface area contributed by atoms with Gasteiger partial charge < -0.3 is 24.0 Å². The Morgan fingerprint density at radius 3 is 1.90 bits per heavy atom. The molecule has 10 heavy (non-hydrogen) atoms. The van der Waals surface area contributed by atoms with E-state index in [0.717, 1.165) is 0 Å². The molecule has 0 unspecified atom stereocenters. The molecule has 0 saturated heterocycles. The first-order valence-corrected chi connectivity index (χ1v) is 2.38. The van der Waals surface area contributed by atoms with Crippen molar-refractivity contribution in [2.24, 2.45) is 0 Å². The van der Waals surface area contributed by atoms with Crippen LogP contribution in [0.15, 0.2) is 30.3 Å². The predicted molar refractivity (Wildman–Crippen MR) is 31.2 cm³/mol. The van der Waals surface area contributed by atoms with Crippen LogP contribution >= 0.6 is 0 Å². The average molecular weight is 253 g/mol. The molecule has 0 N–H and O–H groups in total. The molecule has 0 heterocycles. The third kappa shape index (κ3) is 4.29. The minimum absolute atomic E-state index is 0. The number of halogens is 1. The molecule has 1 aromatic rings. The van der Waals surface area contributed by atoms with Gasteiger partial charge in [-0.3, -0.25) is 0 Å². The summed E-state index contributed by atoms with van der Waals surface area (Å²) >= 11 is 0. The maximum Gasteiger partial charge on any atom is 1.00 e. The molecule has 0 aromatic heterocycles. The van der Waals surface area contributed by atoms with Crippen molar-refractivity contribution in [1.82, 2.24) is 0 Å². The summed E-state index contributed by atoms with van der Waals surface area (Å²) < 4.78 is 0. The van der Waals surface area contributed by atoms with Crippen molar-refractivity contribution in [1.29, 1.82) is 5.26 Å². The molecule has 0 atom stereocenters. The second kappa shape index (κ2) is 7.55. The van der Waals surface area contributed by atoms with Crippen molar-refractivity contribution in [3.63, 3.8) is 0 Å². The van der Waals surface area contributed by atoms with Crippen molar-refractivity contribution < 1.29 is 53.5 Å². The van der Waals surface area contributed by atoms with Gasteiger partial charge in [0.2, 0.25) is 0 Å². The van der Waals surface area contributed by atoms with Gasteiger partial charge in [0.25, 0.3) is 0 Å². The van der Waals surface area contributed by atoms with E-state index in [1.807, 2.05) is 24.3 Å². The van der Waals surface area contributed by atoms with Crippen LogP contribution in [0.2, 0.25) is 0 Å². The fourth-order valence-corrected chi connectivity index (χ4v) is 0.513. The van der Waals surface area contributed by atoms with Crippen molar-refractivity contribution in [2.45, 2.75) is 0 Å². The minimum Gasteiger partial charge on any atom is -1.00 e. The summed E-state index contributed by atoms with van der Waals surface area (Å²) in [5, 5.41) is 8.29. The maximum atomic E-state index is 8.29. The molecule has 0 aliphatic carbocycles. The average Bonchev–Trinajstić information content (AvgIpc) is 1.90. The Labute approximate surface area is 99.7 Å². The monoisotopic (exact) mass is 253 g/mol. The quantitative estimate of drug-likeness (QED) is 0.338. The van der Waals surface area contributed by atoms with Gasteiger partial charge >= 0.3 is 29.6 Å². The number of benzene rings is 1. The molecule has 0 spiro atoms. The standard InChI is InChI=1S/C7H5N.HI.Na/c8-6-7-4-2-1-3-5-7;;/h1-5H;1H;/q;;+1/p-1. The first kappa shape index (κ1) is 13.1. The van der Waals surface area contributed by atoms with Crippen molar-refractivity contribution in [2.75, 3.05) is 0 Å². The molecule has 1 nitrogen and oxygen atoms in total. The molecule has 1 aromatic carbocycles. The maximum absolute atomic E-state index is 8.29. The normalized spacial score (nSPS) is 6.30. The zero-order valence-corrected chi connectivity index (χ0v) is 9.87. The number of nitrogens with zero attached hydrogens (tertiary/aromatic N) is 1. The molecule has 0 aliphatic rings. The van der Waals surface area contributed by atoms with E-state index in [2.05, 4.69) is 0 Å². The van der Waals surface area contributed by atoms with E-state index in [1.165, 1.54) is 0 Å². The molecule has 0 radical (unpaired) electrons. The Morgan fingerprint density at radius 2 is 1.60 bits per heavy atom. The van der Waals surface area contributed by atoms with Gasteiger partial charge in [-0.15, -0.1) is 0 Å². The van der Waals surface area contributed by atoms with Crippen LogP contribution in [-0.2, 0) is 0 Å². The van der Waals surface area contributed by atoms with Crippen LogP contribution < -0.4 is 53.5 Å². The smallest absolute Gasteiger partial charge is 1.00 e. The predicted octanol–water partition coefficient (Wildman–Crippen LogP) is -4.43. The van der Waals surface area contributed by atoms with Gasteiger partial charge in [0.1, 0.15) is 0 Å². The molecule has 0 aliphatic heterocycles. The molecule has 0 bridgehead atoms. The van der Waals surface area contributed by atoms with E-state index in [4.69, 9.17) is 5.26 Å². The van der Waals surface area contributed by atoms with Crippen LogP contribution in [0.4, 0.5) is 0 Å². The van der Waals surface area contributed by atoms with Crippen LogP contribution in [0, 0.1) is 11.3 Å². The minimum atomic E-state index is 0. The third-order valence-electron chi connectivity index (χ3n) is 0.903. The van der Waals surface area contributed by atoms with Gasteiger partial charge in [0, 0.05) is 0 Å². The summed E-state index contributed by atoms with van der Waals surface area (Å²) in [6.45, 7) is 0. The summed E-state index contributed by atoms with van der Waals surface area (Å²) in [7, 11) is 0. The summed E-state index contributed by atoms with van der Waals surface area (Å²) in [5.74, 6) is 0. The molecular formula is C7H5INNa. The Balaban J connectivity index is 0. The fourth-order valence-electron chi connectivity index (χ4n) is 0.513. The number of nitriles is 1. The summed E-state index contributed by atoms with van der Waals surface area (Å²) in [4.78, 5) is 0. The van der Waals surface area contributed by atoms with Crippen LogP contribution in [0.25, 0.3) is 0 Å². The Kier molecular flexibility index (Phi) is 9.86. The van der Waals surface area contributed by atoms with Gasteiger partial charge in [-0.25, -0.2) is 0 Å². The van der Waals surface area contributed by atoms with Gasteiger partial charge in [-0.05, 0) is 12.1 Å². The van der Waals surface area contributed by atoms with E-state index < -0.39 is 0 Å². The zero-order valence-electron chi connectivity index (χ0n) is 5.71. The number of rotatable bonds is 0. The third-order valence-corrected chi connectivity index (χ3v) is 0.903. The van der Waals surface area contributed by atoms with Crippen LogP contribution in [0.1, 0.15) is 5.56 Å². The van der Waals surface area contributed by atoms with E-state index in [0.29, 0.717) is 5.56 Å². The molecule has 3 heteroatoms. The molecule has 0 amide bonds. The van der Waals surface area contributed by atoms with Gasteiger partial charge in [-0.1, -0.05) is 18.2 Å².